The van der Waals surface area contributed by atoms with Gasteiger partial charge in [-0.05, 0) is 52.1 Å². The number of aromatic nitrogens is 4. The fraction of sp³-hybridized carbons (Fsp3) is 0.458. The first-order valence-electron chi connectivity index (χ1n) is 11.1. The Morgan fingerprint density at radius 3 is 2.50 bits per heavy atom. The average Bonchev–Trinajstić information content (AvgIpc) is 3.26. The van der Waals surface area contributed by atoms with Crippen LogP contribution in [0.2, 0.25) is 0 Å². The van der Waals surface area contributed by atoms with E-state index in [1.54, 1.807) is 42.2 Å². The molecule has 0 amide bonds. The Bertz CT molecular complexity index is 1230. The molecule has 34 heavy (non-hydrogen) atoms. The van der Waals surface area contributed by atoms with Crippen molar-refractivity contribution in [3.63, 3.8) is 0 Å². The highest BCUT2D eigenvalue weighted by Crippen LogP contribution is 2.58. The lowest BCUT2D eigenvalue weighted by Gasteiger charge is -2.50. The molecule has 3 aromatic rings. The number of hydrogen-bond donors (Lipinski definition) is 1. The van der Waals surface area contributed by atoms with E-state index in [-0.39, 0.29) is 18.1 Å². The van der Waals surface area contributed by atoms with Crippen LogP contribution in [0.4, 0.5) is 13.2 Å². The van der Waals surface area contributed by atoms with Gasteiger partial charge < -0.3 is 9.84 Å². The van der Waals surface area contributed by atoms with Gasteiger partial charge in [0.05, 0.1) is 28.2 Å². The minimum absolute atomic E-state index is 0.00702. The quantitative estimate of drug-likeness (QED) is 0.608. The van der Waals surface area contributed by atoms with Crippen LogP contribution in [0.1, 0.15) is 32.4 Å². The minimum atomic E-state index is -3.03. The summed E-state index contributed by atoms with van der Waals surface area (Å²) in [6.45, 7) is 4.84. The largest absolute Gasteiger partial charge is 0.507 e. The first-order valence-corrected chi connectivity index (χ1v) is 11.1. The molecule has 0 radical (unpaired) electrons. The lowest BCUT2D eigenvalue weighted by atomic mass is 9.82. The van der Waals surface area contributed by atoms with Gasteiger partial charge in [0.15, 0.2) is 6.17 Å². The molecule has 0 aliphatic carbocycles. The monoisotopic (exact) mass is 473 g/mol. The maximum Gasteiger partial charge on any atom is 0.267 e. The molecule has 1 aromatic carbocycles. The molecule has 4 heterocycles. The Balaban J connectivity index is 1.35. The highest BCUT2D eigenvalue weighted by Gasteiger charge is 2.72. The van der Waals surface area contributed by atoms with E-state index >= 15 is 4.39 Å². The van der Waals surface area contributed by atoms with Crippen LogP contribution in [0.15, 0.2) is 42.6 Å². The number of piperidine rings is 1. The third kappa shape index (κ3) is 3.26. The van der Waals surface area contributed by atoms with Gasteiger partial charge in [-0.15, -0.1) is 10.2 Å². The smallest absolute Gasteiger partial charge is 0.267 e. The SMILES string of the molecule is Cc1ccn(-c2ccc(-c3ccc(OC4CC5(C)N(C)C(C)(CC5(F)F)C4F)nn3)c(O)c2)n1. The number of ether oxygens (including phenoxy) is 1. The van der Waals surface area contributed by atoms with Crippen LogP contribution in [-0.2, 0) is 0 Å². The van der Waals surface area contributed by atoms with Crippen molar-refractivity contribution < 1.29 is 23.0 Å². The summed E-state index contributed by atoms with van der Waals surface area (Å²) in [6.07, 6.45) is -1.65. The van der Waals surface area contributed by atoms with Gasteiger partial charge in [-0.1, -0.05) is 0 Å². The second-order valence-corrected chi connectivity index (χ2v) is 9.69. The summed E-state index contributed by atoms with van der Waals surface area (Å²) in [4.78, 5) is 1.45. The molecule has 2 aliphatic rings. The third-order valence-corrected chi connectivity index (χ3v) is 7.55. The van der Waals surface area contributed by atoms with Gasteiger partial charge in [-0.25, -0.2) is 17.9 Å². The number of nitrogens with zero attached hydrogens (tertiary/aromatic N) is 5. The standard InChI is InChI=1S/C24H26F3N5O2/c1-14-9-10-32(30-14)15-5-6-16(18(33)11-15)17-7-8-20(29-28-17)34-19-12-23(3)24(26,27)13-22(2,21(19)25)31(23)4/h5-11,19,21,33H,12-13H2,1-4H3. The predicted molar refractivity (Wildman–Crippen MR) is 119 cm³/mol. The van der Waals surface area contributed by atoms with Gasteiger partial charge in [0, 0.05) is 36.7 Å². The van der Waals surface area contributed by atoms with E-state index in [2.05, 4.69) is 15.3 Å². The third-order valence-electron chi connectivity index (χ3n) is 7.55. The highest BCUT2D eigenvalue weighted by molar-refractivity contribution is 5.68. The van der Waals surface area contributed by atoms with Crippen LogP contribution >= 0.6 is 0 Å². The van der Waals surface area contributed by atoms with Crippen LogP contribution < -0.4 is 4.74 Å². The summed E-state index contributed by atoms with van der Waals surface area (Å²) in [7, 11) is 1.55. The zero-order chi connectivity index (χ0) is 24.5. The molecular formula is C24H26F3N5O2. The summed E-state index contributed by atoms with van der Waals surface area (Å²) in [6, 6.07) is 10.00. The van der Waals surface area contributed by atoms with Gasteiger partial charge in [-0.3, -0.25) is 4.90 Å². The van der Waals surface area contributed by atoms with Crippen LogP contribution in [0.25, 0.3) is 16.9 Å². The van der Waals surface area contributed by atoms with Crippen molar-refractivity contribution in [3.8, 4) is 28.6 Å². The summed E-state index contributed by atoms with van der Waals surface area (Å²) in [5, 5.41) is 22.9. The molecule has 2 bridgehead atoms. The minimum Gasteiger partial charge on any atom is -0.507 e. The molecule has 2 aromatic heterocycles. The van der Waals surface area contributed by atoms with Crippen molar-refractivity contribution in [2.45, 2.75) is 62.9 Å². The molecule has 7 nitrogen and oxygen atoms in total. The van der Waals surface area contributed by atoms with Crippen molar-refractivity contribution in [2.24, 2.45) is 0 Å². The number of alkyl halides is 3. The van der Waals surface area contributed by atoms with Crippen molar-refractivity contribution in [3.05, 3.63) is 48.3 Å². The summed E-state index contributed by atoms with van der Waals surface area (Å²) >= 11 is 0. The molecule has 1 N–H and O–H groups in total. The molecule has 4 unspecified atom stereocenters. The van der Waals surface area contributed by atoms with Crippen LogP contribution in [0, 0.1) is 6.92 Å². The number of phenols is 1. The second kappa shape index (κ2) is 7.43. The van der Waals surface area contributed by atoms with E-state index in [1.165, 1.54) is 24.8 Å². The predicted octanol–water partition coefficient (Wildman–Crippen LogP) is 4.32. The Morgan fingerprint density at radius 2 is 1.88 bits per heavy atom. The molecule has 4 atom stereocenters. The summed E-state index contributed by atoms with van der Waals surface area (Å²) < 4.78 is 52.3. The van der Waals surface area contributed by atoms with Crippen molar-refractivity contribution >= 4 is 0 Å². The van der Waals surface area contributed by atoms with Crippen LogP contribution in [0.5, 0.6) is 11.6 Å². The highest BCUT2D eigenvalue weighted by atomic mass is 19.3. The number of hydrogen-bond acceptors (Lipinski definition) is 6. The first-order chi connectivity index (χ1) is 15.9. The van der Waals surface area contributed by atoms with E-state index in [4.69, 9.17) is 4.74 Å². The van der Waals surface area contributed by atoms with E-state index in [9.17, 15) is 13.9 Å². The lowest BCUT2D eigenvalue weighted by molar-refractivity contribution is -0.133. The van der Waals surface area contributed by atoms with E-state index < -0.39 is 35.7 Å². The number of fused-ring (bicyclic) bond motifs is 2. The zero-order valence-electron chi connectivity index (χ0n) is 19.3. The van der Waals surface area contributed by atoms with Gasteiger partial charge >= 0.3 is 0 Å². The second-order valence-electron chi connectivity index (χ2n) is 9.69. The number of aryl methyl sites for hydroxylation is 1. The molecule has 0 saturated carbocycles. The van der Waals surface area contributed by atoms with Gasteiger partial charge in [0.25, 0.3) is 5.92 Å². The normalized spacial score (nSPS) is 30.4. The molecule has 0 spiro atoms. The molecule has 10 heteroatoms. The average molecular weight is 473 g/mol. The number of halogens is 3. The van der Waals surface area contributed by atoms with Gasteiger partial charge in [-0.2, -0.15) is 5.10 Å². The van der Waals surface area contributed by atoms with E-state index in [1.807, 2.05) is 13.0 Å². The maximum absolute atomic E-state index is 15.4. The number of rotatable bonds is 4. The van der Waals surface area contributed by atoms with Crippen LogP contribution in [-0.4, -0.2) is 66.3 Å². The number of aromatic hydroxyl groups is 1. The van der Waals surface area contributed by atoms with Gasteiger partial charge in [0.2, 0.25) is 5.88 Å². The number of benzene rings is 1. The van der Waals surface area contributed by atoms with Crippen molar-refractivity contribution in [2.75, 3.05) is 7.05 Å². The number of phenolic OH excluding ortho intramolecular Hbond substituents is 1. The van der Waals surface area contributed by atoms with Crippen molar-refractivity contribution in [1.82, 2.24) is 24.9 Å². The molecule has 2 aliphatic heterocycles. The topological polar surface area (TPSA) is 76.3 Å². The lowest BCUT2D eigenvalue weighted by Crippen LogP contribution is -2.65. The molecule has 5 rings (SSSR count). The molecular weight excluding hydrogens is 447 g/mol. The maximum atomic E-state index is 15.4. The molecule has 180 valence electrons. The van der Waals surface area contributed by atoms with E-state index in [0.717, 1.165) is 5.69 Å². The Hall–Kier alpha value is -3.14. The Kier molecular flexibility index (Phi) is 4.95. The Morgan fingerprint density at radius 1 is 1.12 bits per heavy atom. The van der Waals surface area contributed by atoms with Gasteiger partial charge in [0.1, 0.15) is 11.9 Å². The fourth-order valence-corrected chi connectivity index (χ4v) is 5.25. The van der Waals surface area contributed by atoms with E-state index in [0.29, 0.717) is 16.9 Å². The summed E-state index contributed by atoms with van der Waals surface area (Å²) in [5.41, 5.74) is -0.472. The molecule has 2 saturated heterocycles. The zero-order valence-corrected chi connectivity index (χ0v) is 19.3. The first kappa shape index (κ1) is 22.6. The summed E-state index contributed by atoms with van der Waals surface area (Å²) in [5.74, 6) is -3.00. The van der Waals surface area contributed by atoms with Crippen molar-refractivity contribution in [1.29, 1.82) is 0 Å². The fourth-order valence-electron chi connectivity index (χ4n) is 5.25. The Labute approximate surface area is 195 Å². The van der Waals surface area contributed by atoms with Crippen LogP contribution in [0.3, 0.4) is 0 Å². The molecule has 2 fully saturated rings.